The van der Waals surface area contributed by atoms with Crippen molar-refractivity contribution in [2.75, 3.05) is 18.4 Å². The summed E-state index contributed by atoms with van der Waals surface area (Å²) in [5.41, 5.74) is -0.121. The number of carbonyl (C=O) groups excluding carboxylic acids is 1. The number of anilines is 1. The third-order valence-electron chi connectivity index (χ3n) is 4.03. The number of amides is 1. The van der Waals surface area contributed by atoms with Crippen molar-refractivity contribution in [1.29, 1.82) is 0 Å². The van der Waals surface area contributed by atoms with Crippen molar-refractivity contribution >= 4 is 33.0 Å². The van der Waals surface area contributed by atoms with Crippen LogP contribution in [0.5, 0.6) is 0 Å². The normalized spacial score (nSPS) is 18.9. The number of hydrogen-bond acceptors (Lipinski definition) is 4. The van der Waals surface area contributed by atoms with Gasteiger partial charge in [-0.1, -0.05) is 6.07 Å². The molecule has 1 aromatic carbocycles. The van der Waals surface area contributed by atoms with E-state index < -0.39 is 33.5 Å². The molecule has 1 atom stereocenters. The van der Waals surface area contributed by atoms with Gasteiger partial charge in [-0.2, -0.15) is 4.31 Å². The lowest BCUT2D eigenvalue weighted by molar-refractivity contribution is -0.120. The SMILES string of the molecule is O=C(Nc1ccc(F)cc1F)[C@H]1CCCN(S(=O)(=O)c2cccs2)C1. The Morgan fingerprint density at radius 2 is 2.08 bits per heavy atom. The number of nitrogens with one attached hydrogen (secondary N) is 1. The number of benzene rings is 1. The van der Waals surface area contributed by atoms with Crippen LogP contribution in [-0.4, -0.2) is 31.7 Å². The minimum absolute atomic E-state index is 0.0366. The lowest BCUT2D eigenvalue weighted by Crippen LogP contribution is -2.43. The average Bonchev–Trinajstić information content (AvgIpc) is 3.13. The van der Waals surface area contributed by atoms with E-state index in [2.05, 4.69) is 5.32 Å². The van der Waals surface area contributed by atoms with Crippen molar-refractivity contribution in [2.45, 2.75) is 17.1 Å². The van der Waals surface area contributed by atoms with Gasteiger partial charge in [0.2, 0.25) is 5.91 Å². The third kappa shape index (κ3) is 3.88. The summed E-state index contributed by atoms with van der Waals surface area (Å²) in [5.74, 6) is -2.67. The van der Waals surface area contributed by atoms with Crippen LogP contribution in [0.25, 0.3) is 0 Å². The van der Waals surface area contributed by atoms with Gasteiger partial charge in [0, 0.05) is 19.2 Å². The fourth-order valence-electron chi connectivity index (χ4n) is 2.74. The minimum atomic E-state index is -3.62. The van der Waals surface area contributed by atoms with Gasteiger partial charge < -0.3 is 5.32 Å². The van der Waals surface area contributed by atoms with E-state index in [1.165, 1.54) is 10.4 Å². The van der Waals surface area contributed by atoms with Gasteiger partial charge in [0.15, 0.2) is 0 Å². The van der Waals surface area contributed by atoms with Crippen molar-refractivity contribution < 1.29 is 22.0 Å². The molecular weight excluding hydrogens is 370 g/mol. The van der Waals surface area contributed by atoms with E-state index in [4.69, 9.17) is 0 Å². The second-order valence-corrected chi connectivity index (χ2v) is 8.86. The molecule has 1 aliphatic heterocycles. The molecule has 1 N–H and O–H groups in total. The van der Waals surface area contributed by atoms with Gasteiger partial charge in [-0.05, 0) is 36.4 Å². The molecule has 1 fully saturated rings. The predicted octanol–water partition coefficient (Wildman–Crippen LogP) is 3.07. The number of sulfonamides is 1. The van der Waals surface area contributed by atoms with Crippen LogP contribution in [0.4, 0.5) is 14.5 Å². The Morgan fingerprint density at radius 1 is 1.28 bits per heavy atom. The molecule has 3 rings (SSSR count). The summed E-state index contributed by atoms with van der Waals surface area (Å²) in [6, 6.07) is 6.06. The first kappa shape index (κ1) is 18.0. The molecule has 2 aromatic rings. The number of rotatable bonds is 4. The molecule has 0 radical (unpaired) electrons. The molecule has 5 nitrogen and oxygen atoms in total. The monoisotopic (exact) mass is 386 g/mol. The Labute approximate surface area is 148 Å². The molecule has 25 heavy (non-hydrogen) atoms. The third-order valence-corrected chi connectivity index (χ3v) is 7.27. The maximum absolute atomic E-state index is 13.7. The maximum Gasteiger partial charge on any atom is 0.252 e. The molecule has 0 saturated carbocycles. The van der Waals surface area contributed by atoms with Crippen molar-refractivity contribution in [3.63, 3.8) is 0 Å². The molecular formula is C16H16F2N2O3S2. The highest BCUT2D eigenvalue weighted by molar-refractivity contribution is 7.91. The zero-order valence-corrected chi connectivity index (χ0v) is 14.7. The van der Waals surface area contributed by atoms with Crippen LogP contribution < -0.4 is 5.32 Å². The number of halogens is 2. The van der Waals surface area contributed by atoms with Crippen LogP contribution in [0.3, 0.4) is 0 Å². The van der Waals surface area contributed by atoms with Gasteiger partial charge in [0.1, 0.15) is 15.8 Å². The summed E-state index contributed by atoms with van der Waals surface area (Å²) < 4.78 is 53.3. The highest BCUT2D eigenvalue weighted by Crippen LogP contribution is 2.27. The van der Waals surface area contributed by atoms with Crippen LogP contribution in [0, 0.1) is 17.6 Å². The molecule has 0 spiro atoms. The van der Waals surface area contributed by atoms with E-state index in [1.807, 2.05) is 0 Å². The summed E-state index contributed by atoms with van der Waals surface area (Å²) in [6.07, 6.45) is 1.04. The Balaban J connectivity index is 1.72. The molecule has 0 unspecified atom stereocenters. The van der Waals surface area contributed by atoms with Crippen LogP contribution in [0.1, 0.15) is 12.8 Å². The fraction of sp³-hybridized carbons (Fsp3) is 0.312. The molecule has 9 heteroatoms. The number of carbonyl (C=O) groups is 1. The van der Waals surface area contributed by atoms with Crippen molar-refractivity contribution in [2.24, 2.45) is 5.92 Å². The van der Waals surface area contributed by atoms with E-state index in [0.717, 1.165) is 23.5 Å². The van der Waals surface area contributed by atoms with Crippen molar-refractivity contribution in [3.05, 3.63) is 47.3 Å². The minimum Gasteiger partial charge on any atom is -0.323 e. The summed E-state index contributed by atoms with van der Waals surface area (Å²) in [4.78, 5) is 12.4. The first-order valence-corrected chi connectivity index (χ1v) is 9.99. The molecule has 134 valence electrons. The lowest BCUT2D eigenvalue weighted by atomic mass is 9.98. The van der Waals surface area contributed by atoms with Crippen LogP contribution in [0.15, 0.2) is 39.9 Å². The highest BCUT2D eigenvalue weighted by Gasteiger charge is 2.34. The largest absolute Gasteiger partial charge is 0.323 e. The van der Waals surface area contributed by atoms with Gasteiger partial charge in [0.25, 0.3) is 10.0 Å². The number of nitrogens with zero attached hydrogens (tertiary/aromatic N) is 1. The molecule has 0 bridgehead atoms. The van der Waals surface area contributed by atoms with Crippen molar-refractivity contribution in [1.82, 2.24) is 4.31 Å². The maximum atomic E-state index is 13.7. The number of piperidine rings is 1. The Hall–Kier alpha value is -1.84. The predicted molar refractivity (Wildman–Crippen MR) is 90.8 cm³/mol. The lowest BCUT2D eigenvalue weighted by Gasteiger charge is -2.30. The van der Waals surface area contributed by atoms with Crippen LogP contribution in [-0.2, 0) is 14.8 Å². The van der Waals surface area contributed by atoms with E-state index >= 15 is 0 Å². The standard InChI is InChI=1S/C16H16F2N2O3S2/c17-12-5-6-14(13(18)9-12)19-16(21)11-3-1-7-20(10-11)25(22,23)15-4-2-8-24-15/h2,4-6,8-9,11H,1,3,7,10H2,(H,19,21)/t11-/m0/s1. The molecule has 1 aliphatic rings. The second kappa shape index (κ2) is 7.19. The van der Waals surface area contributed by atoms with Gasteiger partial charge in [-0.3, -0.25) is 4.79 Å². The van der Waals surface area contributed by atoms with Gasteiger partial charge in [-0.25, -0.2) is 17.2 Å². The Bertz CT molecular complexity index is 870. The quantitative estimate of drug-likeness (QED) is 0.878. The van der Waals surface area contributed by atoms with Crippen LogP contribution >= 0.6 is 11.3 Å². The van der Waals surface area contributed by atoms with Crippen LogP contribution in [0.2, 0.25) is 0 Å². The average molecular weight is 386 g/mol. The van der Waals surface area contributed by atoms with E-state index in [9.17, 15) is 22.0 Å². The smallest absolute Gasteiger partial charge is 0.252 e. The molecule has 2 heterocycles. The molecule has 1 amide bonds. The van der Waals surface area contributed by atoms with E-state index in [0.29, 0.717) is 25.5 Å². The van der Waals surface area contributed by atoms with Gasteiger partial charge >= 0.3 is 0 Å². The second-order valence-electron chi connectivity index (χ2n) is 5.75. The van der Waals surface area contributed by atoms with E-state index in [1.54, 1.807) is 11.4 Å². The molecule has 1 aromatic heterocycles. The molecule has 1 saturated heterocycles. The zero-order chi connectivity index (χ0) is 18.0. The summed E-state index contributed by atoms with van der Waals surface area (Å²) >= 11 is 1.12. The Morgan fingerprint density at radius 3 is 2.76 bits per heavy atom. The highest BCUT2D eigenvalue weighted by atomic mass is 32.2. The Kier molecular flexibility index (Phi) is 5.16. The number of thiophene rings is 1. The number of hydrogen-bond donors (Lipinski definition) is 1. The van der Waals surface area contributed by atoms with Gasteiger partial charge in [0.05, 0.1) is 11.6 Å². The summed E-state index contributed by atoms with van der Waals surface area (Å²) in [7, 11) is -3.62. The first-order valence-electron chi connectivity index (χ1n) is 7.67. The van der Waals surface area contributed by atoms with Gasteiger partial charge in [-0.15, -0.1) is 11.3 Å². The van der Waals surface area contributed by atoms with E-state index in [-0.39, 0.29) is 16.4 Å². The summed E-state index contributed by atoms with van der Waals surface area (Å²) in [5, 5.41) is 4.09. The zero-order valence-electron chi connectivity index (χ0n) is 13.1. The first-order chi connectivity index (χ1) is 11.9. The fourth-order valence-corrected chi connectivity index (χ4v) is 5.41. The summed E-state index contributed by atoms with van der Waals surface area (Å²) in [6.45, 7) is 0.379. The molecule has 0 aliphatic carbocycles. The topological polar surface area (TPSA) is 66.5 Å². The van der Waals surface area contributed by atoms with Crippen molar-refractivity contribution in [3.8, 4) is 0 Å².